The summed E-state index contributed by atoms with van der Waals surface area (Å²) in [5, 5.41) is 10.3. The lowest BCUT2D eigenvalue weighted by molar-refractivity contribution is -0.136. The molecule has 2 aromatic carbocycles. The molecule has 156 valence electrons. The Kier molecular flexibility index (Phi) is 5.33. The predicted molar refractivity (Wildman–Crippen MR) is 113 cm³/mol. The topological polar surface area (TPSA) is 62.5 Å². The molecular formula is C24H25FN2O3. The first kappa shape index (κ1) is 20.1. The van der Waals surface area contributed by atoms with E-state index in [2.05, 4.69) is 4.57 Å². The molecule has 1 unspecified atom stereocenters. The van der Waals surface area contributed by atoms with Crippen LogP contribution in [0.5, 0.6) is 0 Å². The predicted octanol–water partition coefficient (Wildman–Crippen LogP) is 3.98. The van der Waals surface area contributed by atoms with Crippen LogP contribution < -0.4 is 0 Å². The van der Waals surface area contributed by atoms with Gasteiger partial charge in [0.05, 0.1) is 12.3 Å². The largest absolute Gasteiger partial charge is 0.481 e. The number of carboxylic acids is 1. The lowest BCUT2D eigenvalue weighted by atomic mass is 9.96. The van der Waals surface area contributed by atoms with Crippen molar-refractivity contribution in [2.75, 3.05) is 7.05 Å². The average molecular weight is 408 g/mol. The highest BCUT2D eigenvalue weighted by molar-refractivity contribution is 5.89. The highest BCUT2D eigenvalue weighted by Gasteiger charge is 2.31. The Morgan fingerprint density at radius 1 is 1.20 bits per heavy atom. The Bertz CT molecular complexity index is 1100. The van der Waals surface area contributed by atoms with E-state index in [9.17, 15) is 19.1 Å². The normalized spacial score (nSPS) is 16.8. The second-order valence-corrected chi connectivity index (χ2v) is 8.04. The summed E-state index contributed by atoms with van der Waals surface area (Å²) in [7, 11) is 1.82. The van der Waals surface area contributed by atoms with Crippen molar-refractivity contribution < 1.29 is 19.1 Å². The van der Waals surface area contributed by atoms with Gasteiger partial charge in [-0.2, -0.15) is 0 Å². The minimum Gasteiger partial charge on any atom is -0.481 e. The number of benzene rings is 2. The van der Waals surface area contributed by atoms with Gasteiger partial charge in [-0.05, 0) is 49.1 Å². The van der Waals surface area contributed by atoms with Crippen LogP contribution in [-0.4, -0.2) is 39.5 Å². The van der Waals surface area contributed by atoms with Crippen molar-refractivity contribution in [3.8, 4) is 0 Å². The Morgan fingerprint density at radius 3 is 2.60 bits per heavy atom. The molecule has 2 heterocycles. The van der Waals surface area contributed by atoms with E-state index in [4.69, 9.17) is 0 Å². The van der Waals surface area contributed by atoms with E-state index >= 15 is 0 Å². The summed E-state index contributed by atoms with van der Waals surface area (Å²) >= 11 is 0. The molecule has 2 atom stereocenters. The van der Waals surface area contributed by atoms with Crippen molar-refractivity contribution >= 4 is 22.8 Å². The Morgan fingerprint density at radius 2 is 1.90 bits per heavy atom. The van der Waals surface area contributed by atoms with Crippen LogP contribution in [0.2, 0.25) is 0 Å². The van der Waals surface area contributed by atoms with E-state index in [1.54, 1.807) is 17.0 Å². The third-order valence-electron chi connectivity index (χ3n) is 6.27. The quantitative estimate of drug-likeness (QED) is 0.695. The second-order valence-electron chi connectivity index (χ2n) is 8.04. The van der Waals surface area contributed by atoms with Crippen LogP contribution in [0.25, 0.3) is 10.9 Å². The van der Waals surface area contributed by atoms with Crippen LogP contribution in [0.1, 0.15) is 36.1 Å². The van der Waals surface area contributed by atoms with Crippen molar-refractivity contribution in [1.82, 2.24) is 9.47 Å². The summed E-state index contributed by atoms with van der Waals surface area (Å²) < 4.78 is 15.4. The van der Waals surface area contributed by atoms with Gasteiger partial charge in [0.15, 0.2) is 0 Å². The number of amides is 1. The lowest BCUT2D eigenvalue weighted by Gasteiger charge is -2.34. The van der Waals surface area contributed by atoms with Gasteiger partial charge in [0.1, 0.15) is 5.82 Å². The number of carbonyl (C=O) groups is 2. The SMILES string of the molecule is CC(C(=O)N(C)[C@@H]1CCc2c(CC(=O)O)c3ccccc3n2C1)c1ccc(F)cc1. The third-order valence-corrected chi connectivity index (χ3v) is 6.27. The molecule has 0 radical (unpaired) electrons. The number of rotatable bonds is 5. The molecule has 1 aromatic heterocycles. The summed E-state index contributed by atoms with van der Waals surface area (Å²) in [6, 6.07) is 13.9. The molecule has 3 aromatic rings. The molecule has 1 amide bonds. The zero-order valence-corrected chi connectivity index (χ0v) is 17.1. The van der Waals surface area contributed by atoms with Gasteiger partial charge in [-0.3, -0.25) is 9.59 Å². The molecule has 30 heavy (non-hydrogen) atoms. The van der Waals surface area contributed by atoms with E-state index in [1.807, 2.05) is 38.2 Å². The number of fused-ring (bicyclic) bond motifs is 3. The van der Waals surface area contributed by atoms with Crippen LogP contribution >= 0.6 is 0 Å². The molecule has 0 saturated heterocycles. The molecule has 4 rings (SSSR count). The van der Waals surface area contributed by atoms with Crippen molar-refractivity contribution in [3.63, 3.8) is 0 Å². The van der Waals surface area contributed by atoms with Gasteiger partial charge in [0.2, 0.25) is 5.91 Å². The summed E-state index contributed by atoms with van der Waals surface area (Å²) in [6.45, 7) is 2.48. The van der Waals surface area contributed by atoms with Gasteiger partial charge in [0, 0.05) is 36.2 Å². The molecule has 0 aliphatic carbocycles. The zero-order chi connectivity index (χ0) is 21.4. The highest BCUT2D eigenvalue weighted by Crippen LogP contribution is 2.33. The molecule has 0 fully saturated rings. The van der Waals surface area contributed by atoms with Crippen LogP contribution in [0.4, 0.5) is 4.39 Å². The molecule has 1 N–H and O–H groups in total. The van der Waals surface area contributed by atoms with E-state index in [-0.39, 0.29) is 30.1 Å². The fourth-order valence-corrected chi connectivity index (χ4v) is 4.57. The first-order chi connectivity index (χ1) is 14.4. The van der Waals surface area contributed by atoms with Crippen LogP contribution in [0.3, 0.4) is 0 Å². The maximum absolute atomic E-state index is 13.2. The van der Waals surface area contributed by atoms with Crippen molar-refractivity contribution in [2.45, 2.75) is 44.7 Å². The lowest BCUT2D eigenvalue weighted by Crippen LogP contribution is -2.44. The monoisotopic (exact) mass is 408 g/mol. The number of halogens is 1. The van der Waals surface area contributed by atoms with Crippen LogP contribution in [0, 0.1) is 5.82 Å². The number of aliphatic carboxylic acids is 1. The number of hydrogen-bond donors (Lipinski definition) is 1. The minimum atomic E-state index is -0.836. The van der Waals surface area contributed by atoms with Gasteiger partial charge in [-0.25, -0.2) is 4.39 Å². The smallest absolute Gasteiger partial charge is 0.307 e. The maximum atomic E-state index is 13.2. The minimum absolute atomic E-state index is 0.00252. The third kappa shape index (κ3) is 3.58. The molecular weight excluding hydrogens is 383 g/mol. The summed E-state index contributed by atoms with van der Waals surface area (Å²) in [4.78, 5) is 26.3. The van der Waals surface area contributed by atoms with E-state index in [0.29, 0.717) is 6.54 Å². The van der Waals surface area contributed by atoms with Gasteiger partial charge in [-0.1, -0.05) is 30.3 Å². The summed E-state index contributed by atoms with van der Waals surface area (Å²) in [5.41, 5.74) is 3.74. The number of hydrogen-bond acceptors (Lipinski definition) is 2. The van der Waals surface area contributed by atoms with Gasteiger partial charge < -0.3 is 14.6 Å². The van der Waals surface area contributed by atoms with E-state index in [1.165, 1.54) is 12.1 Å². The first-order valence-electron chi connectivity index (χ1n) is 10.2. The number of para-hydroxylation sites is 1. The number of nitrogens with zero attached hydrogens (tertiary/aromatic N) is 2. The van der Waals surface area contributed by atoms with E-state index in [0.717, 1.165) is 40.6 Å². The van der Waals surface area contributed by atoms with Crippen molar-refractivity contribution in [2.24, 2.45) is 0 Å². The molecule has 0 spiro atoms. The maximum Gasteiger partial charge on any atom is 0.307 e. The molecule has 1 aliphatic heterocycles. The summed E-state index contributed by atoms with van der Waals surface area (Å²) in [6.07, 6.45) is 1.51. The van der Waals surface area contributed by atoms with Crippen LogP contribution in [0.15, 0.2) is 48.5 Å². The average Bonchev–Trinajstić information content (AvgIpc) is 3.05. The zero-order valence-electron chi connectivity index (χ0n) is 17.1. The van der Waals surface area contributed by atoms with E-state index < -0.39 is 5.97 Å². The number of carboxylic acid groups (broad SMARTS) is 1. The first-order valence-corrected chi connectivity index (χ1v) is 10.2. The molecule has 5 nitrogen and oxygen atoms in total. The molecule has 1 aliphatic rings. The number of aromatic nitrogens is 1. The van der Waals surface area contributed by atoms with Gasteiger partial charge in [-0.15, -0.1) is 0 Å². The fraction of sp³-hybridized carbons (Fsp3) is 0.333. The van der Waals surface area contributed by atoms with Gasteiger partial charge in [0.25, 0.3) is 0 Å². The molecule has 6 heteroatoms. The second kappa shape index (κ2) is 7.94. The van der Waals surface area contributed by atoms with Crippen molar-refractivity contribution in [1.29, 1.82) is 0 Å². The molecule has 0 saturated carbocycles. The summed E-state index contributed by atoms with van der Waals surface area (Å²) in [5.74, 6) is -1.52. The number of carbonyl (C=O) groups excluding carboxylic acids is 1. The highest BCUT2D eigenvalue weighted by atomic mass is 19.1. The Balaban J connectivity index is 1.60. The fourth-order valence-electron chi connectivity index (χ4n) is 4.57. The van der Waals surface area contributed by atoms with Gasteiger partial charge >= 0.3 is 5.97 Å². The van der Waals surface area contributed by atoms with Crippen LogP contribution in [-0.2, 0) is 29.0 Å². The Hall–Kier alpha value is -3.15. The Labute approximate surface area is 174 Å². The number of likely N-dealkylation sites (N-methyl/N-ethyl adjacent to an activating group) is 1. The van der Waals surface area contributed by atoms with Crippen molar-refractivity contribution in [3.05, 3.63) is 71.2 Å². The molecule has 0 bridgehead atoms. The standard InChI is InChI=1S/C24H25FN2O3/c1-15(16-7-9-17(25)10-8-16)24(30)26(2)18-11-12-22-20(13-23(28)29)19-5-3-4-6-21(19)27(22)14-18/h3-10,15,18H,11-14H2,1-2H3,(H,28,29)/t15?,18-/m1/s1.